The summed E-state index contributed by atoms with van der Waals surface area (Å²) in [6.07, 6.45) is 0.660. The number of carboxylic acid groups (broad SMARTS) is 1. The first-order valence-corrected chi connectivity index (χ1v) is 6.85. The maximum absolute atomic E-state index is 11.0. The van der Waals surface area contributed by atoms with Crippen molar-refractivity contribution in [2.24, 2.45) is 5.92 Å². The van der Waals surface area contributed by atoms with Gasteiger partial charge in [0.2, 0.25) is 0 Å². The molecule has 3 heteroatoms. The Labute approximate surface area is 118 Å². The van der Waals surface area contributed by atoms with E-state index in [9.17, 15) is 4.79 Å². The molecule has 3 nitrogen and oxygen atoms in total. The van der Waals surface area contributed by atoms with Crippen molar-refractivity contribution in [1.29, 1.82) is 0 Å². The van der Waals surface area contributed by atoms with Crippen molar-refractivity contribution >= 4 is 5.97 Å². The van der Waals surface area contributed by atoms with E-state index >= 15 is 0 Å². The molecular weight excluding hydrogens is 250 g/mol. The van der Waals surface area contributed by atoms with Gasteiger partial charge in [-0.15, -0.1) is 0 Å². The van der Waals surface area contributed by atoms with Crippen molar-refractivity contribution in [3.8, 4) is 11.1 Å². The van der Waals surface area contributed by atoms with Gasteiger partial charge in [0, 0.05) is 12.6 Å². The van der Waals surface area contributed by atoms with E-state index in [1.54, 1.807) is 0 Å². The summed E-state index contributed by atoms with van der Waals surface area (Å²) >= 11 is 0. The van der Waals surface area contributed by atoms with Gasteiger partial charge in [0.05, 0.1) is 5.92 Å². The van der Waals surface area contributed by atoms with E-state index in [1.165, 1.54) is 11.1 Å². The lowest BCUT2D eigenvalue weighted by atomic mass is 9.96. The zero-order valence-corrected chi connectivity index (χ0v) is 11.1. The van der Waals surface area contributed by atoms with Crippen LogP contribution in [0.2, 0.25) is 0 Å². The summed E-state index contributed by atoms with van der Waals surface area (Å²) in [6, 6.07) is 18.7. The van der Waals surface area contributed by atoms with Crippen molar-refractivity contribution in [2.75, 3.05) is 6.54 Å². The molecule has 20 heavy (non-hydrogen) atoms. The molecule has 102 valence electrons. The highest BCUT2D eigenvalue weighted by molar-refractivity contribution is 5.71. The maximum Gasteiger partial charge on any atom is 0.307 e. The first-order chi connectivity index (χ1) is 9.74. The third-order valence-corrected chi connectivity index (χ3v) is 3.88. The second-order valence-electron chi connectivity index (χ2n) is 5.22. The molecule has 1 heterocycles. The predicted octanol–water partition coefficient (Wildman–Crippen LogP) is 3.09. The highest BCUT2D eigenvalue weighted by atomic mass is 16.4. The fourth-order valence-corrected chi connectivity index (χ4v) is 2.74. The Balaban J connectivity index is 1.84. The molecule has 0 saturated carbocycles. The van der Waals surface area contributed by atoms with Crippen LogP contribution in [0.15, 0.2) is 54.6 Å². The standard InChI is InChI=1S/C17H17NO2/c19-17(20)15-10-16(18-11-15)14-8-4-7-13(9-14)12-5-2-1-3-6-12/h1-9,15-16,18H,10-11H2,(H,19,20). The number of carboxylic acids is 1. The summed E-state index contributed by atoms with van der Waals surface area (Å²) in [6.45, 7) is 0.551. The molecule has 2 N–H and O–H groups in total. The van der Waals surface area contributed by atoms with E-state index in [1.807, 2.05) is 24.3 Å². The van der Waals surface area contributed by atoms with Gasteiger partial charge in [-0.3, -0.25) is 4.79 Å². The SMILES string of the molecule is O=C(O)C1CNC(c2cccc(-c3ccccc3)c2)C1. The van der Waals surface area contributed by atoms with Crippen LogP contribution in [0.4, 0.5) is 0 Å². The molecule has 0 aliphatic carbocycles. The zero-order chi connectivity index (χ0) is 13.9. The molecule has 0 amide bonds. The second kappa shape index (κ2) is 5.47. The topological polar surface area (TPSA) is 49.3 Å². The van der Waals surface area contributed by atoms with Crippen LogP contribution in [-0.2, 0) is 4.79 Å². The second-order valence-corrected chi connectivity index (χ2v) is 5.22. The van der Waals surface area contributed by atoms with Gasteiger partial charge in [-0.25, -0.2) is 0 Å². The molecule has 2 unspecified atom stereocenters. The zero-order valence-electron chi connectivity index (χ0n) is 11.1. The Hall–Kier alpha value is -2.13. The first-order valence-electron chi connectivity index (χ1n) is 6.85. The Morgan fingerprint density at radius 3 is 2.50 bits per heavy atom. The average molecular weight is 267 g/mol. The summed E-state index contributed by atoms with van der Waals surface area (Å²) < 4.78 is 0. The summed E-state index contributed by atoms with van der Waals surface area (Å²) in [5.74, 6) is -0.986. The van der Waals surface area contributed by atoms with Crippen molar-refractivity contribution in [2.45, 2.75) is 12.5 Å². The lowest BCUT2D eigenvalue weighted by Crippen LogP contribution is -2.17. The lowest BCUT2D eigenvalue weighted by molar-refractivity contribution is -0.141. The minimum absolute atomic E-state index is 0.139. The van der Waals surface area contributed by atoms with Crippen molar-refractivity contribution in [1.82, 2.24) is 5.32 Å². The summed E-state index contributed by atoms with van der Waals surface area (Å²) in [4.78, 5) is 11.0. The molecule has 0 spiro atoms. The van der Waals surface area contributed by atoms with Gasteiger partial charge >= 0.3 is 5.97 Å². The largest absolute Gasteiger partial charge is 0.481 e. The molecule has 2 aromatic carbocycles. The van der Waals surface area contributed by atoms with Gasteiger partial charge in [-0.05, 0) is 29.2 Å². The lowest BCUT2D eigenvalue weighted by Gasteiger charge is -2.12. The number of aliphatic carboxylic acids is 1. The van der Waals surface area contributed by atoms with Crippen LogP contribution in [0.1, 0.15) is 18.0 Å². The molecule has 1 aliphatic rings. The number of carbonyl (C=O) groups is 1. The number of benzene rings is 2. The van der Waals surface area contributed by atoms with E-state index in [0.717, 1.165) is 5.56 Å². The highest BCUT2D eigenvalue weighted by Gasteiger charge is 2.30. The molecule has 2 atom stereocenters. The van der Waals surface area contributed by atoms with E-state index in [-0.39, 0.29) is 12.0 Å². The number of rotatable bonds is 3. The van der Waals surface area contributed by atoms with Gasteiger partial charge in [0.1, 0.15) is 0 Å². The number of nitrogens with one attached hydrogen (secondary N) is 1. The quantitative estimate of drug-likeness (QED) is 0.898. The summed E-state index contributed by atoms with van der Waals surface area (Å²) in [7, 11) is 0. The maximum atomic E-state index is 11.0. The smallest absolute Gasteiger partial charge is 0.307 e. The number of hydrogen-bond acceptors (Lipinski definition) is 2. The molecule has 1 aliphatic heterocycles. The van der Waals surface area contributed by atoms with Crippen molar-refractivity contribution in [3.05, 3.63) is 60.2 Å². The Kier molecular flexibility index (Phi) is 3.52. The molecule has 0 aromatic heterocycles. The molecule has 3 rings (SSSR count). The van der Waals surface area contributed by atoms with Gasteiger partial charge in [-0.2, -0.15) is 0 Å². The molecule has 2 aromatic rings. The first kappa shape index (κ1) is 12.9. The van der Waals surface area contributed by atoms with Gasteiger partial charge in [0.25, 0.3) is 0 Å². The molecule has 1 fully saturated rings. The van der Waals surface area contributed by atoms with Crippen LogP contribution >= 0.6 is 0 Å². The van der Waals surface area contributed by atoms with E-state index in [4.69, 9.17) is 5.11 Å². The van der Waals surface area contributed by atoms with Crippen molar-refractivity contribution < 1.29 is 9.90 Å². The van der Waals surface area contributed by atoms with E-state index in [2.05, 4.69) is 35.6 Å². The van der Waals surface area contributed by atoms with Gasteiger partial charge < -0.3 is 10.4 Å². The normalized spacial score (nSPS) is 21.8. The number of hydrogen-bond donors (Lipinski definition) is 2. The summed E-state index contributed by atoms with van der Waals surface area (Å²) in [5, 5.41) is 12.4. The molecule has 1 saturated heterocycles. The van der Waals surface area contributed by atoms with Gasteiger partial charge in [-0.1, -0.05) is 48.5 Å². The Bertz CT molecular complexity index is 609. The monoisotopic (exact) mass is 267 g/mol. The molecule has 0 radical (unpaired) electrons. The van der Waals surface area contributed by atoms with Gasteiger partial charge in [0.15, 0.2) is 0 Å². The van der Waals surface area contributed by atoms with Crippen LogP contribution in [0.25, 0.3) is 11.1 Å². The molecule has 0 bridgehead atoms. The minimum Gasteiger partial charge on any atom is -0.481 e. The minimum atomic E-state index is -0.709. The average Bonchev–Trinajstić information content (AvgIpc) is 2.98. The molecular formula is C17H17NO2. The third-order valence-electron chi connectivity index (χ3n) is 3.88. The van der Waals surface area contributed by atoms with Crippen LogP contribution in [0, 0.1) is 5.92 Å². The summed E-state index contributed by atoms with van der Waals surface area (Å²) in [5.41, 5.74) is 3.51. The van der Waals surface area contributed by atoms with E-state index in [0.29, 0.717) is 13.0 Å². The van der Waals surface area contributed by atoms with Crippen LogP contribution in [-0.4, -0.2) is 17.6 Å². The fourth-order valence-electron chi connectivity index (χ4n) is 2.74. The fraction of sp³-hybridized carbons (Fsp3) is 0.235. The Morgan fingerprint density at radius 1 is 1.05 bits per heavy atom. The van der Waals surface area contributed by atoms with E-state index < -0.39 is 5.97 Å². The van der Waals surface area contributed by atoms with Crippen LogP contribution < -0.4 is 5.32 Å². The predicted molar refractivity (Wildman–Crippen MR) is 78.4 cm³/mol. The highest BCUT2D eigenvalue weighted by Crippen LogP contribution is 2.30. The Morgan fingerprint density at radius 2 is 1.80 bits per heavy atom. The van der Waals surface area contributed by atoms with Crippen molar-refractivity contribution in [3.63, 3.8) is 0 Å². The van der Waals surface area contributed by atoms with Crippen LogP contribution in [0.5, 0.6) is 0 Å². The van der Waals surface area contributed by atoms with Crippen LogP contribution in [0.3, 0.4) is 0 Å². The third kappa shape index (κ3) is 2.58.